The number of imidazole rings is 1. The van der Waals surface area contributed by atoms with Crippen molar-refractivity contribution in [1.82, 2.24) is 8.96 Å². The summed E-state index contributed by atoms with van der Waals surface area (Å²) in [7, 11) is -3.74. The van der Waals surface area contributed by atoms with E-state index in [-0.39, 0.29) is 10.7 Å². The minimum atomic E-state index is -3.74. The average Bonchev–Trinajstić information content (AvgIpc) is 2.98. The molecule has 0 saturated heterocycles. The van der Waals surface area contributed by atoms with Crippen LogP contribution >= 0.6 is 23.2 Å². The van der Waals surface area contributed by atoms with Crippen LogP contribution in [0.4, 0.5) is 0 Å². The number of hydrogen-bond acceptors (Lipinski definition) is 3. The summed E-state index contributed by atoms with van der Waals surface area (Å²) in [5.41, 5.74) is 0.496. The molecule has 0 aliphatic rings. The van der Waals surface area contributed by atoms with Crippen LogP contribution in [0.1, 0.15) is 0 Å². The van der Waals surface area contributed by atoms with E-state index in [0.717, 1.165) is 3.97 Å². The second kappa shape index (κ2) is 5.76. The third kappa shape index (κ3) is 2.63. The highest BCUT2D eigenvalue weighted by molar-refractivity contribution is 7.90. The van der Waals surface area contributed by atoms with E-state index < -0.39 is 10.0 Å². The molecule has 0 atom stereocenters. The van der Waals surface area contributed by atoms with Crippen molar-refractivity contribution < 1.29 is 8.42 Å². The molecule has 0 bridgehead atoms. The van der Waals surface area contributed by atoms with Gasteiger partial charge in [-0.25, -0.2) is 17.4 Å². The Balaban J connectivity index is 2.18. The predicted molar refractivity (Wildman–Crippen MR) is 86.7 cm³/mol. The quantitative estimate of drug-likeness (QED) is 0.713. The molecule has 0 N–H and O–H groups in total. The summed E-state index contributed by atoms with van der Waals surface area (Å²) in [5, 5.41) is 0.806. The first-order chi connectivity index (χ1) is 10.5. The lowest BCUT2D eigenvalue weighted by atomic mass is 10.2. The normalized spacial score (nSPS) is 11.5. The summed E-state index contributed by atoms with van der Waals surface area (Å²) < 4.78 is 26.6. The number of nitrogens with zero attached hydrogens (tertiary/aromatic N) is 2. The van der Waals surface area contributed by atoms with Crippen LogP contribution in [0.2, 0.25) is 10.0 Å². The summed E-state index contributed by atoms with van der Waals surface area (Å²) >= 11 is 12.0. The molecule has 0 fully saturated rings. The van der Waals surface area contributed by atoms with Gasteiger partial charge in [0.05, 0.1) is 9.92 Å². The highest BCUT2D eigenvalue weighted by Crippen LogP contribution is 2.30. The smallest absolute Gasteiger partial charge is 0.236 e. The van der Waals surface area contributed by atoms with Crippen molar-refractivity contribution in [2.45, 2.75) is 4.90 Å². The van der Waals surface area contributed by atoms with Gasteiger partial charge >= 0.3 is 0 Å². The summed E-state index contributed by atoms with van der Waals surface area (Å²) in [6, 6.07) is 13.0. The largest absolute Gasteiger partial charge is 0.269 e. The van der Waals surface area contributed by atoms with E-state index in [1.807, 2.05) is 0 Å². The molecule has 1 heterocycles. The minimum Gasteiger partial charge on any atom is -0.236 e. The van der Waals surface area contributed by atoms with Crippen molar-refractivity contribution >= 4 is 33.2 Å². The summed E-state index contributed by atoms with van der Waals surface area (Å²) in [6.07, 6.45) is 2.81. The Hall–Kier alpha value is -1.82. The summed E-state index contributed by atoms with van der Waals surface area (Å²) in [5.74, 6) is 0.241. The van der Waals surface area contributed by atoms with Gasteiger partial charge in [-0.3, -0.25) is 0 Å². The highest BCUT2D eigenvalue weighted by atomic mass is 35.5. The van der Waals surface area contributed by atoms with Crippen molar-refractivity contribution in [3.05, 3.63) is 71.0 Å². The van der Waals surface area contributed by atoms with E-state index in [9.17, 15) is 8.42 Å². The molecule has 2 aromatic carbocycles. The molecule has 1 aromatic heterocycles. The van der Waals surface area contributed by atoms with Crippen LogP contribution in [0.25, 0.3) is 11.4 Å². The Kier molecular flexibility index (Phi) is 3.95. The van der Waals surface area contributed by atoms with Crippen LogP contribution < -0.4 is 0 Å². The third-order valence-corrected chi connectivity index (χ3v) is 5.31. The predicted octanol–water partition coefficient (Wildman–Crippen LogP) is 4.09. The maximum atomic E-state index is 12.7. The fourth-order valence-electron chi connectivity index (χ4n) is 2.05. The van der Waals surface area contributed by atoms with Crippen molar-refractivity contribution in [2.75, 3.05) is 0 Å². The van der Waals surface area contributed by atoms with Gasteiger partial charge in [-0.15, -0.1) is 0 Å². The Morgan fingerprint density at radius 2 is 1.73 bits per heavy atom. The number of halogens is 2. The number of rotatable bonds is 3. The van der Waals surface area contributed by atoms with Gasteiger partial charge in [0.25, 0.3) is 10.0 Å². The SMILES string of the molecule is O=S(=O)(c1ccccc1)n1ccnc1-c1ccc(Cl)cc1Cl. The van der Waals surface area contributed by atoms with Gasteiger partial charge < -0.3 is 0 Å². The minimum absolute atomic E-state index is 0.180. The second-order valence-electron chi connectivity index (χ2n) is 4.49. The molecule has 0 radical (unpaired) electrons. The maximum Gasteiger partial charge on any atom is 0.269 e. The fraction of sp³-hybridized carbons (Fsp3) is 0. The van der Waals surface area contributed by atoms with Gasteiger partial charge in [-0.2, -0.15) is 0 Å². The molecule has 4 nitrogen and oxygen atoms in total. The van der Waals surface area contributed by atoms with Gasteiger partial charge in [0, 0.05) is 23.0 Å². The third-order valence-electron chi connectivity index (χ3n) is 3.08. The Labute approximate surface area is 138 Å². The first kappa shape index (κ1) is 15.1. The zero-order chi connectivity index (χ0) is 15.7. The molecule has 0 aliphatic heterocycles. The Bertz CT molecular complexity index is 922. The number of hydrogen-bond donors (Lipinski definition) is 0. The first-order valence-corrected chi connectivity index (χ1v) is 8.49. The lowest BCUT2D eigenvalue weighted by molar-refractivity contribution is 0.588. The summed E-state index contributed by atoms with van der Waals surface area (Å²) in [6.45, 7) is 0. The molecule has 0 amide bonds. The maximum absolute atomic E-state index is 12.7. The van der Waals surface area contributed by atoms with E-state index >= 15 is 0 Å². The molecule has 0 aliphatic carbocycles. The molecule has 22 heavy (non-hydrogen) atoms. The lowest BCUT2D eigenvalue weighted by Gasteiger charge is -2.10. The van der Waals surface area contributed by atoms with Gasteiger partial charge in [-0.1, -0.05) is 41.4 Å². The van der Waals surface area contributed by atoms with E-state index in [2.05, 4.69) is 4.98 Å². The second-order valence-corrected chi connectivity index (χ2v) is 7.15. The van der Waals surface area contributed by atoms with Crippen LogP contribution in [-0.2, 0) is 10.0 Å². The van der Waals surface area contributed by atoms with E-state index in [0.29, 0.717) is 15.6 Å². The average molecular weight is 353 g/mol. The van der Waals surface area contributed by atoms with E-state index in [1.165, 1.54) is 24.5 Å². The molecular formula is C15H10Cl2N2O2S. The van der Waals surface area contributed by atoms with Crippen molar-refractivity contribution in [2.24, 2.45) is 0 Å². The molecule has 0 unspecified atom stereocenters. The van der Waals surface area contributed by atoms with Crippen LogP contribution in [0.3, 0.4) is 0 Å². The lowest BCUT2D eigenvalue weighted by Crippen LogP contribution is -2.13. The van der Waals surface area contributed by atoms with Crippen LogP contribution in [0.15, 0.2) is 65.8 Å². The van der Waals surface area contributed by atoms with Crippen molar-refractivity contribution in [1.29, 1.82) is 0 Å². The zero-order valence-corrected chi connectivity index (χ0v) is 13.5. The Morgan fingerprint density at radius 1 is 1.00 bits per heavy atom. The number of aromatic nitrogens is 2. The van der Waals surface area contributed by atoms with E-state index in [4.69, 9.17) is 23.2 Å². The van der Waals surface area contributed by atoms with Crippen molar-refractivity contribution in [3.63, 3.8) is 0 Å². The fourth-order valence-corrected chi connectivity index (χ4v) is 3.86. The van der Waals surface area contributed by atoms with Crippen LogP contribution in [0, 0.1) is 0 Å². The van der Waals surface area contributed by atoms with Gasteiger partial charge in [0.15, 0.2) is 5.82 Å². The molecule has 0 saturated carbocycles. The molecular weight excluding hydrogens is 343 g/mol. The highest BCUT2D eigenvalue weighted by Gasteiger charge is 2.21. The molecule has 3 aromatic rings. The molecule has 112 valence electrons. The van der Waals surface area contributed by atoms with Crippen LogP contribution in [0.5, 0.6) is 0 Å². The monoisotopic (exact) mass is 352 g/mol. The van der Waals surface area contributed by atoms with Gasteiger partial charge in [0.1, 0.15) is 0 Å². The molecule has 0 spiro atoms. The van der Waals surface area contributed by atoms with Crippen molar-refractivity contribution in [3.8, 4) is 11.4 Å². The molecule has 7 heteroatoms. The summed E-state index contributed by atoms with van der Waals surface area (Å²) in [4.78, 5) is 4.30. The number of benzene rings is 2. The van der Waals surface area contributed by atoms with Gasteiger partial charge in [-0.05, 0) is 30.3 Å². The van der Waals surface area contributed by atoms with Crippen LogP contribution in [-0.4, -0.2) is 17.4 Å². The van der Waals surface area contributed by atoms with E-state index in [1.54, 1.807) is 36.4 Å². The topological polar surface area (TPSA) is 52.0 Å². The van der Waals surface area contributed by atoms with Gasteiger partial charge in [0.2, 0.25) is 0 Å². The first-order valence-electron chi connectivity index (χ1n) is 6.29. The molecule has 3 rings (SSSR count). The standard InChI is InChI=1S/C15H10Cl2N2O2S/c16-11-6-7-13(14(17)10-11)15-18-8-9-19(15)22(20,21)12-4-2-1-3-5-12/h1-10H. The Morgan fingerprint density at radius 3 is 2.41 bits per heavy atom. The zero-order valence-electron chi connectivity index (χ0n) is 11.1.